The summed E-state index contributed by atoms with van der Waals surface area (Å²) in [5.41, 5.74) is 1.13. The third-order valence-electron chi connectivity index (χ3n) is 4.42. The van der Waals surface area contributed by atoms with Crippen molar-refractivity contribution in [3.63, 3.8) is 0 Å². The minimum Gasteiger partial charge on any atom is -0.460 e. The van der Waals surface area contributed by atoms with Gasteiger partial charge in [0.25, 0.3) is 5.91 Å². The molecule has 1 fully saturated rings. The number of hydrogen-bond acceptors (Lipinski definition) is 4. The highest BCUT2D eigenvalue weighted by Gasteiger charge is 2.28. The van der Waals surface area contributed by atoms with Crippen LogP contribution >= 0.6 is 0 Å². The van der Waals surface area contributed by atoms with Crippen molar-refractivity contribution < 1.29 is 9.21 Å². The van der Waals surface area contributed by atoms with Gasteiger partial charge in [0.1, 0.15) is 17.3 Å². The quantitative estimate of drug-likeness (QED) is 0.774. The fourth-order valence-corrected chi connectivity index (χ4v) is 3.18. The highest BCUT2D eigenvalue weighted by atomic mass is 16.3. The molecule has 24 heavy (non-hydrogen) atoms. The van der Waals surface area contributed by atoms with Gasteiger partial charge in [-0.05, 0) is 31.9 Å². The number of hydrogen-bond donors (Lipinski definition) is 2. The Hall–Kier alpha value is -2.83. The number of imidazole rings is 1. The van der Waals surface area contributed by atoms with Crippen molar-refractivity contribution in [1.82, 2.24) is 25.1 Å². The Morgan fingerprint density at radius 1 is 1.42 bits per heavy atom. The molecule has 3 aromatic rings. The fourth-order valence-electron chi connectivity index (χ4n) is 3.18. The first-order chi connectivity index (χ1) is 11.7. The Morgan fingerprint density at radius 3 is 3.08 bits per heavy atom. The van der Waals surface area contributed by atoms with Gasteiger partial charge in [0, 0.05) is 37.5 Å². The van der Waals surface area contributed by atoms with Crippen LogP contribution in [-0.4, -0.2) is 44.1 Å². The molecule has 3 aromatic heterocycles. The van der Waals surface area contributed by atoms with Gasteiger partial charge in [-0.25, -0.2) is 4.98 Å². The predicted octanol–water partition coefficient (Wildman–Crippen LogP) is 2.72. The predicted molar refractivity (Wildman–Crippen MR) is 87.5 cm³/mol. The highest BCUT2D eigenvalue weighted by Crippen LogP contribution is 2.26. The summed E-state index contributed by atoms with van der Waals surface area (Å²) in [6.45, 7) is 3.29. The van der Waals surface area contributed by atoms with E-state index < -0.39 is 0 Å². The van der Waals surface area contributed by atoms with Gasteiger partial charge in [0.15, 0.2) is 11.5 Å². The minimum atomic E-state index is -0.0583. The smallest absolute Gasteiger partial charge is 0.274 e. The van der Waals surface area contributed by atoms with Gasteiger partial charge >= 0.3 is 0 Å². The van der Waals surface area contributed by atoms with Crippen LogP contribution in [0.1, 0.15) is 40.8 Å². The zero-order valence-corrected chi connectivity index (χ0v) is 13.5. The molecule has 4 rings (SSSR count). The lowest BCUT2D eigenvalue weighted by Crippen LogP contribution is -2.39. The lowest BCUT2D eigenvalue weighted by Gasteiger charge is -2.31. The number of aryl methyl sites for hydroxylation is 1. The first kappa shape index (κ1) is 14.7. The Balaban J connectivity index is 1.50. The summed E-state index contributed by atoms with van der Waals surface area (Å²) in [7, 11) is 0. The van der Waals surface area contributed by atoms with E-state index in [0.717, 1.165) is 31.0 Å². The Morgan fingerprint density at radius 2 is 2.33 bits per heavy atom. The molecule has 7 heteroatoms. The van der Waals surface area contributed by atoms with E-state index in [-0.39, 0.29) is 11.8 Å². The van der Waals surface area contributed by atoms with Gasteiger partial charge in [-0.2, -0.15) is 5.10 Å². The maximum atomic E-state index is 12.7. The Kier molecular flexibility index (Phi) is 3.68. The number of nitrogens with zero attached hydrogens (tertiary/aromatic N) is 3. The number of piperidine rings is 1. The number of likely N-dealkylation sites (tertiary alicyclic amines) is 1. The van der Waals surface area contributed by atoms with Crippen molar-refractivity contribution in [2.45, 2.75) is 25.7 Å². The number of H-pyrrole nitrogens is 2. The number of carbonyl (C=O) groups excluding carboxylic acids is 1. The molecule has 1 atom stereocenters. The van der Waals surface area contributed by atoms with E-state index in [2.05, 4.69) is 20.2 Å². The van der Waals surface area contributed by atoms with E-state index in [1.165, 1.54) is 0 Å². The zero-order chi connectivity index (χ0) is 16.5. The summed E-state index contributed by atoms with van der Waals surface area (Å²) in [4.78, 5) is 22.1. The Bertz CT molecular complexity index is 833. The van der Waals surface area contributed by atoms with E-state index >= 15 is 0 Å². The molecule has 1 amide bonds. The molecule has 4 heterocycles. The number of rotatable bonds is 3. The van der Waals surface area contributed by atoms with Crippen LogP contribution in [-0.2, 0) is 0 Å². The molecule has 0 spiro atoms. The third kappa shape index (κ3) is 2.73. The topological polar surface area (TPSA) is 90.8 Å². The summed E-state index contributed by atoms with van der Waals surface area (Å²) < 4.78 is 5.57. The second-order valence-corrected chi connectivity index (χ2v) is 6.14. The van der Waals surface area contributed by atoms with Crippen LogP contribution < -0.4 is 0 Å². The van der Waals surface area contributed by atoms with Gasteiger partial charge < -0.3 is 14.3 Å². The first-order valence-electron chi connectivity index (χ1n) is 8.11. The SMILES string of the molecule is Cc1ccc(-c2cc(C(=O)N3CCCC(c4ncc[nH]4)C3)n[nH]2)o1. The summed E-state index contributed by atoms with van der Waals surface area (Å²) in [6.07, 6.45) is 5.57. The van der Waals surface area contributed by atoms with E-state index in [1.807, 2.05) is 30.2 Å². The molecule has 0 bridgehead atoms. The first-order valence-corrected chi connectivity index (χ1v) is 8.11. The zero-order valence-electron chi connectivity index (χ0n) is 13.5. The fraction of sp³-hybridized carbons (Fsp3) is 0.353. The molecule has 124 valence electrons. The molecule has 1 saturated heterocycles. The second-order valence-electron chi connectivity index (χ2n) is 6.14. The van der Waals surface area contributed by atoms with Crippen molar-refractivity contribution >= 4 is 5.91 Å². The maximum Gasteiger partial charge on any atom is 0.274 e. The number of carbonyl (C=O) groups is 1. The second kappa shape index (κ2) is 5.99. The average Bonchev–Trinajstić information content (AvgIpc) is 3.35. The molecule has 0 aromatic carbocycles. The number of aromatic nitrogens is 4. The molecule has 1 aliphatic heterocycles. The normalized spacial score (nSPS) is 18.0. The van der Waals surface area contributed by atoms with E-state index in [0.29, 0.717) is 23.7 Å². The number of aromatic amines is 2. The number of furan rings is 1. The van der Waals surface area contributed by atoms with Gasteiger partial charge in [-0.1, -0.05) is 0 Å². The molecule has 2 N–H and O–H groups in total. The highest BCUT2D eigenvalue weighted by molar-refractivity contribution is 5.93. The van der Waals surface area contributed by atoms with Gasteiger partial charge in [-0.3, -0.25) is 9.89 Å². The van der Waals surface area contributed by atoms with Crippen LogP contribution in [0.5, 0.6) is 0 Å². The van der Waals surface area contributed by atoms with Crippen molar-refractivity contribution in [3.05, 3.63) is 47.9 Å². The van der Waals surface area contributed by atoms with Crippen molar-refractivity contribution in [3.8, 4) is 11.5 Å². The van der Waals surface area contributed by atoms with Crippen LogP contribution in [0, 0.1) is 6.92 Å². The van der Waals surface area contributed by atoms with Crippen LogP contribution in [0.25, 0.3) is 11.5 Å². The number of amides is 1. The van der Waals surface area contributed by atoms with Crippen molar-refractivity contribution in [2.24, 2.45) is 0 Å². The molecule has 7 nitrogen and oxygen atoms in total. The molecular formula is C17H19N5O2. The largest absolute Gasteiger partial charge is 0.460 e. The van der Waals surface area contributed by atoms with Crippen LogP contribution in [0.4, 0.5) is 0 Å². The standard InChI is InChI=1S/C17H19N5O2/c1-11-4-5-15(24-11)13-9-14(21-20-13)17(23)22-8-2-3-12(10-22)16-18-6-7-19-16/h4-7,9,12H,2-3,8,10H2,1H3,(H,18,19)(H,20,21). The monoisotopic (exact) mass is 325 g/mol. The van der Waals surface area contributed by atoms with Gasteiger partial charge in [-0.15, -0.1) is 0 Å². The lowest BCUT2D eigenvalue weighted by atomic mass is 9.97. The van der Waals surface area contributed by atoms with E-state index in [4.69, 9.17) is 4.42 Å². The van der Waals surface area contributed by atoms with Crippen molar-refractivity contribution in [2.75, 3.05) is 13.1 Å². The number of nitrogens with one attached hydrogen (secondary N) is 2. The van der Waals surface area contributed by atoms with Crippen molar-refractivity contribution in [1.29, 1.82) is 0 Å². The Labute approximate surface area is 139 Å². The van der Waals surface area contributed by atoms with Crippen LogP contribution in [0.3, 0.4) is 0 Å². The van der Waals surface area contributed by atoms with E-state index in [9.17, 15) is 4.79 Å². The summed E-state index contributed by atoms with van der Waals surface area (Å²) in [6, 6.07) is 5.50. The average molecular weight is 325 g/mol. The molecule has 0 saturated carbocycles. The summed E-state index contributed by atoms with van der Waals surface area (Å²) >= 11 is 0. The van der Waals surface area contributed by atoms with Gasteiger partial charge in [0.2, 0.25) is 0 Å². The van der Waals surface area contributed by atoms with Crippen LogP contribution in [0.15, 0.2) is 35.0 Å². The van der Waals surface area contributed by atoms with E-state index in [1.54, 1.807) is 12.3 Å². The maximum absolute atomic E-state index is 12.7. The minimum absolute atomic E-state index is 0.0583. The molecular weight excluding hydrogens is 306 g/mol. The molecule has 0 aliphatic carbocycles. The molecule has 0 radical (unpaired) electrons. The van der Waals surface area contributed by atoms with Gasteiger partial charge in [0.05, 0.1) is 0 Å². The summed E-state index contributed by atoms with van der Waals surface area (Å²) in [5.74, 6) is 2.65. The summed E-state index contributed by atoms with van der Waals surface area (Å²) in [5, 5.41) is 7.05. The van der Waals surface area contributed by atoms with Crippen LogP contribution in [0.2, 0.25) is 0 Å². The lowest BCUT2D eigenvalue weighted by molar-refractivity contribution is 0.0699. The molecule has 1 aliphatic rings. The molecule has 1 unspecified atom stereocenters. The third-order valence-corrected chi connectivity index (χ3v) is 4.42.